The minimum absolute atomic E-state index is 0.0855. The summed E-state index contributed by atoms with van der Waals surface area (Å²) in [7, 11) is 0. The number of Topliss-reactive ketones (excluding diaryl/α,β-unsaturated/α-hetero) is 1. The quantitative estimate of drug-likeness (QED) is 0.578. The van der Waals surface area contributed by atoms with Crippen LogP contribution in [0.3, 0.4) is 0 Å². The summed E-state index contributed by atoms with van der Waals surface area (Å²) in [5.74, 6) is 0.111. The molecule has 0 radical (unpaired) electrons. The molecule has 3 rings (SSSR count). The van der Waals surface area contributed by atoms with Crippen LogP contribution < -0.4 is 0 Å². The Bertz CT molecular complexity index is 976. The first-order chi connectivity index (χ1) is 13.8. The van der Waals surface area contributed by atoms with Gasteiger partial charge in [0.25, 0.3) is 0 Å². The van der Waals surface area contributed by atoms with E-state index in [9.17, 15) is 9.90 Å². The lowest BCUT2D eigenvalue weighted by Gasteiger charge is -2.28. The predicted octanol–water partition coefficient (Wildman–Crippen LogP) is 5.64. The van der Waals surface area contributed by atoms with Gasteiger partial charge in [-0.15, -0.1) is 0 Å². The monoisotopic (exact) mass is 385 g/mol. The van der Waals surface area contributed by atoms with Gasteiger partial charge in [0.2, 0.25) is 0 Å². The number of rotatable bonds is 5. The van der Waals surface area contributed by atoms with Gasteiger partial charge in [-0.05, 0) is 35.1 Å². The Morgan fingerprint density at radius 2 is 1.34 bits per heavy atom. The lowest BCUT2D eigenvalue weighted by molar-refractivity contribution is -0.120. The lowest BCUT2D eigenvalue weighted by Crippen LogP contribution is -2.33. The zero-order valence-corrected chi connectivity index (χ0v) is 17.4. The number of aromatic hydroxyl groups is 1. The van der Waals surface area contributed by atoms with Gasteiger partial charge in [-0.1, -0.05) is 93.6 Å². The van der Waals surface area contributed by atoms with Gasteiger partial charge >= 0.3 is 0 Å². The minimum Gasteiger partial charge on any atom is -0.507 e. The highest BCUT2D eigenvalue weighted by Crippen LogP contribution is 2.36. The molecule has 0 spiro atoms. The molecular weight excluding hydrogens is 358 g/mol. The molecule has 3 nitrogen and oxygen atoms in total. The van der Waals surface area contributed by atoms with Crippen molar-refractivity contribution < 1.29 is 9.90 Å². The van der Waals surface area contributed by atoms with Crippen molar-refractivity contribution in [3.05, 3.63) is 101 Å². The fourth-order valence-corrected chi connectivity index (χ4v) is 3.61. The molecule has 0 saturated heterocycles. The Labute approximate surface area is 172 Å². The molecule has 0 amide bonds. The summed E-state index contributed by atoms with van der Waals surface area (Å²) in [5, 5.41) is 10.8. The molecule has 0 aliphatic carbocycles. The van der Waals surface area contributed by atoms with E-state index in [1.54, 1.807) is 13.1 Å². The summed E-state index contributed by atoms with van der Waals surface area (Å²) in [6.07, 6.45) is 1.62. The Morgan fingerprint density at radius 1 is 0.828 bits per heavy atom. The number of ketones is 1. The fourth-order valence-electron chi connectivity index (χ4n) is 3.61. The van der Waals surface area contributed by atoms with Crippen molar-refractivity contribution in [1.82, 2.24) is 0 Å². The third kappa shape index (κ3) is 4.00. The molecule has 0 bridgehead atoms. The molecule has 148 valence electrons. The third-order valence-corrected chi connectivity index (χ3v) is 5.17. The Balaban J connectivity index is 2.21. The van der Waals surface area contributed by atoms with Gasteiger partial charge < -0.3 is 5.11 Å². The van der Waals surface area contributed by atoms with Crippen LogP contribution in [0.5, 0.6) is 5.75 Å². The molecule has 0 fully saturated rings. The standard InChI is InChI=1S/C26H27NO2/c1-19(28)26(21-13-7-5-8-14-21,22-15-9-6-10-16-22)27-18-20-12-11-17-23(24(20)29)25(2,3)4/h5-18,29H,1-4H3/b27-18+. The average molecular weight is 386 g/mol. The number of phenolic OH excluding ortho intramolecular Hbond substituents is 1. The van der Waals surface area contributed by atoms with Crippen molar-refractivity contribution in [3.8, 4) is 5.75 Å². The van der Waals surface area contributed by atoms with Crippen LogP contribution in [0.4, 0.5) is 0 Å². The highest BCUT2D eigenvalue weighted by atomic mass is 16.3. The van der Waals surface area contributed by atoms with Crippen molar-refractivity contribution in [2.75, 3.05) is 0 Å². The van der Waals surface area contributed by atoms with E-state index in [1.165, 1.54) is 0 Å². The molecule has 0 aromatic heterocycles. The van der Waals surface area contributed by atoms with E-state index in [1.807, 2.05) is 78.9 Å². The van der Waals surface area contributed by atoms with Gasteiger partial charge in [0.1, 0.15) is 5.75 Å². The molecule has 29 heavy (non-hydrogen) atoms. The normalized spacial score (nSPS) is 12.3. The minimum atomic E-state index is -1.17. The van der Waals surface area contributed by atoms with Crippen LogP contribution in [0, 0.1) is 0 Å². The van der Waals surface area contributed by atoms with E-state index in [0.717, 1.165) is 16.7 Å². The smallest absolute Gasteiger partial charge is 0.168 e. The largest absolute Gasteiger partial charge is 0.507 e. The number of nitrogens with zero attached hydrogens (tertiary/aromatic N) is 1. The summed E-state index contributed by atoms with van der Waals surface area (Å²) in [6, 6.07) is 24.8. The first-order valence-corrected chi connectivity index (χ1v) is 9.76. The van der Waals surface area contributed by atoms with Crippen molar-refractivity contribution in [1.29, 1.82) is 0 Å². The molecule has 0 aliphatic heterocycles. The van der Waals surface area contributed by atoms with Gasteiger partial charge in [0.05, 0.1) is 0 Å². The molecule has 3 aromatic rings. The van der Waals surface area contributed by atoms with E-state index >= 15 is 0 Å². The van der Waals surface area contributed by atoms with Crippen LogP contribution in [-0.2, 0) is 15.7 Å². The molecule has 3 heteroatoms. The first-order valence-electron chi connectivity index (χ1n) is 9.76. The van der Waals surface area contributed by atoms with Crippen molar-refractivity contribution in [2.45, 2.75) is 38.6 Å². The number of carbonyl (C=O) groups excluding carboxylic acids is 1. The highest BCUT2D eigenvalue weighted by molar-refractivity contribution is 5.95. The number of benzene rings is 3. The number of hydrogen-bond donors (Lipinski definition) is 1. The molecule has 1 N–H and O–H groups in total. The Hall–Kier alpha value is -3.20. The number of aliphatic imine (C=N–C) groups is 1. The van der Waals surface area contributed by atoms with Crippen LogP contribution >= 0.6 is 0 Å². The number of para-hydroxylation sites is 1. The van der Waals surface area contributed by atoms with E-state index in [2.05, 4.69) is 20.8 Å². The van der Waals surface area contributed by atoms with Crippen molar-refractivity contribution in [3.63, 3.8) is 0 Å². The van der Waals surface area contributed by atoms with E-state index in [0.29, 0.717) is 5.56 Å². The third-order valence-electron chi connectivity index (χ3n) is 5.17. The number of carbonyl (C=O) groups is 1. The van der Waals surface area contributed by atoms with Crippen LogP contribution in [0.15, 0.2) is 83.9 Å². The van der Waals surface area contributed by atoms with E-state index < -0.39 is 5.54 Å². The zero-order chi connectivity index (χ0) is 21.1. The Morgan fingerprint density at radius 3 is 1.79 bits per heavy atom. The summed E-state index contributed by atoms with van der Waals surface area (Å²) < 4.78 is 0. The number of phenols is 1. The molecule has 0 aliphatic rings. The summed E-state index contributed by atoms with van der Waals surface area (Å²) in [6.45, 7) is 7.72. The maximum atomic E-state index is 13.0. The first kappa shape index (κ1) is 20.5. The SMILES string of the molecule is CC(=O)C(/N=C/c1cccc(C(C)(C)C)c1O)(c1ccccc1)c1ccccc1. The molecule has 0 heterocycles. The van der Waals surface area contributed by atoms with Crippen LogP contribution in [-0.4, -0.2) is 17.1 Å². The van der Waals surface area contributed by atoms with Crippen LogP contribution in [0.1, 0.15) is 49.9 Å². The van der Waals surface area contributed by atoms with Gasteiger partial charge in [0.15, 0.2) is 11.3 Å². The maximum absolute atomic E-state index is 13.0. The zero-order valence-electron chi connectivity index (χ0n) is 17.4. The summed E-state index contributed by atoms with van der Waals surface area (Å²) >= 11 is 0. The van der Waals surface area contributed by atoms with Crippen LogP contribution in [0.2, 0.25) is 0 Å². The van der Waals surface area contributed by atoms with Gasteiger partial charge in [0, 0.05) is 11.8 Å². The summed E-state index contributed by atoms with van der Waals surface area (Å²) in [5.41, 5.74) is 1.64. The lowest BCUT2D eigenvalue weighted by atomic mass is 9.80. The molecule has 0 atom stereocenters. The van der Waals surface area contributed by atoms with Crippen molar-refractivity contribution in [2.24, 2.45) is 4.99 Å². The summed E-state index contributed by atoms with van der Waals surface area (Å²) in [4.78, 5) is 17.8. The molecule has 0 unspecified atom stereocenters. The second-order valence-electron chi connectivity index (χ2n) is 8.25. The van der Waals surface area contributed by atoms with Gasteiger partial charge in [-0.25, -0.2) is 0 Å². The predicted molar refractivity (Wildman–Crippen MR) is 119 cm³/mol. The highest BCUT2D eigenvalue weighted by Gasteiger charge is 2.38. The maximum Gasteiger partial charge on any atom is 0.168 e. The van der Waals surface area contributed by atoms with E-state index in [4.69, 9.17) is 4.99 Å². The average Bonchev–Trinajstić information content (AvgIpc) is 2.70. The molecule has 0 saturated carbocycles. The second-order valence-corrected chi connectivity index (χ2v) is 8.25. The fraction of sp³-hybridized carbons (Fsp3) is 0.231. The number of hydrogen-bond acceptors (Lipinski definition) is 3. The van der Waals surface area contributed by atoms with Crippen molar-refractivity contribution >= 4 is 12.0 Å². The van der Waals surface area contributed by atoms with Gasteiger partial charge in [-0.3, -0.25) is 9.79 Å². The second kappa shape index (κ2) is 8.04. The Kier molecular flexibility index (Phi) is 5.69. The van der Waals surface area contributed by atoms with Gasteiger partial charge in [-0.2, -0.15) is 0 Å². The topological polar surface area (TPSA) is 49.7 Å². The van der Waals surface area contributed by atoms with E-state index in [-0.39, 0.29) is 16.9 Å². The molecule has 3 aromatic carbocycles. The molecular formula is C26H27NO2. The van der Waals surface area contributed by atoms with Crippen LogP contribution in [0.25, 0.3) is 0 Å².